The first-order chi connectivity index (χ1) is 9.75. The van der Waals surface area contributed by atoms with Crippen LogP contribution in [0, 0.1) is 10.1 Å². The van der Waals surface area contributed by atoms with Crippen molar-refractivity contribution >= 4 is 27.3 Å². The Labute approximate surface area is 124 Å². The van der Waals surface area contributed by atoms with Crippen molar-refractivity contribution < 1.29 is 13.3 Å². The standard InChI is InChI=1S/C10H10ClN5O4S/c1-2-15-9(13-14-10(15)21(12,19)20)7-4-3-6(11)5-8(7)16(17)18/h3-5H,2H2,1H3,(H2,12,19,20). The molecule has 0 fully saturated rings. The van der Waals surface area contributed by atoms with Crippen molar-refractivity contribution in [2.24, 2.45) is 5.14 Å². The fourth-order valence-electron chi connectivity index (χ4n) is 1.83. The number of halogens is 1. The normalized spacial score (nSPS) is 11.6. The molecule has 2 aromatic rings. The quantitative estimate of drug-likeness (QED) is 0.660. The van der Waals surface area contributed by atoms with Gasteiger partial charge in [0, 0.05) is 17.6 Å². The summed E-state index contributed by atoms with van der Waals surface area (Å²) in [5.41, 5.74) is -0.195. The number of rotatable bonds is 4. The van der Waals surface area contributed by atoms with E-state index < -0.39 is 20.1 Å². The van der Waals surface area contributed by atoms with E-state index in [4.69, 9.17) is 16.7 Å². The highest BCUT2D eigenvalue weighted by molar-refractivity contribution is 7.89. The lowest BCUT2D eigenvalue weighted by Gasteiger charge is -2.06. The van der Waals surface area contributed by atoms with Crippen molar-refractivity contribution in [3.8, 4) is 11.4 Å². The van der Waals surface area contributed by atoms with Crippen LogP contribution in [-0.2, 0) is 16.6 Å². The second-order valence-electron chi connectivity index (χ2n) is 4.01. The number of aromatic nitrogens is 3. The number of nitro benzene ring substituents is 1. The van der Waals surface area contributed by atoms with Crippen molar-refractivity contribution in [3.05, 3.63) is 33.3 Å². The molecule has 0 unspecified atom stereocenters. The average molecular weight is 332 g/mol. The van der Waals surface area contributed by atoms with Crippen LogP contribution in [0.15, 0.2) is 23.4 Å². The Morgan fingerprint density at radius 1 is 1.43 bits per heavy atom. The molecule has 0 amide bonds. The van der Waals surface area contributed by atoms with Crippen LogP contribution in [0.25, 0.3) is 11.4 Å². The lowest BCUT2D eigenvalue weighted by Crippen LogP contribution is -2.18. The van der Waals surface area contributed by atoms with Gasteiger partial charge in [0.2, 0.25) is 0 Å². The number of hydrogen-bond acceptors (Lipinski definition) is 6. The minimum Gasteiger partial charge on any atom is -0.297 e. The average Bonchev–Trinajstić information content (AvgIpc) is 2.82. The minimum absolute atomic E-state index is 0.0323. The molecule has 0 aliphatic heterocycles. The smallest absolute Gasteiger partial charge is 0.281 e. The fraction of sp³-hybridized carbons (Fsp3) is 0.200. The second kappa shape index (κ2) is 5.39. The van der Waals surface area contributed by atoms with Gasteiger partial charge in [-0.1, -0.05) is 11.6 Å². The summed E-state index contributed by atoms with van der Waals surface area (Å²) in [5, 5.41) is 23.1. The highest BCUT2D eigenvalue weighted by Crippen LogP contribution is 2.31. The van der Waals surface area contributed by atoms with Crippen LogP contribution in [0.2, 0.25) is 5.02 Å². The van der Waals surface area contributed by atoms with Gasteiger partial charge in [0.25, 0.3) is 20.9 Å². The molecule has 2 rings (SSSR count). The second-order valence-corrected chi connectivity index (χ2v) is 5.91. The van der Waals surface area contributed by atoms with E-state index in [2.05, 4.69) is 10.2 Å². The SMILES string of the molecule is CCn1c(-c2ccc(Cl)cc2[N+](=O)[O-])nnc1S(N)(=O)=O. The third-order valence-electron chi connectivity index (χ3n) is 2.68. The highest BCUT2D eigenvalue weighted by atomic mass is 35.5. The summed E-state index contributed by atoms with van der Waals surface area (Å²) in [5.74, 6) is 0.0323. The van der Waals surface area contributed by atoms with Crippen molar-refractivity contribution in [1.29, 1.82) is 0 Å². The van der Waals surface area contributed by atoms with Crippen LogP contribution >= 0.6 is 11.6 Å². The first-order valence-corrected chi connectivity index (χ1v) is 7.58. The zero-order chi connectivity index (χ0) is 15.8. The molecule has 1 aromatic carbocycles. The Balaban J connectivity index is 2.74. The molecule has 0 atom stereocenters. The summed E-state index contributed by atoms with van der Waals surface area (Å²) < 4.78 is 24.0. The van der Waals surface area contributed by atoms with Gasteiger partial charge >= 0.3 is 0 Å². The predicted molar refractivity (Wildman–Crippen MR) is 74.2 cm³/mol. The first kappa shape index (κ1) is 15.4. The molecule has 1 aromatic heterocycles. The van der Waals surface area contributed by atoms with Crippen LogP contribution in [0.1, 0.15) is 6.92 Å². The van der Waals surface area contributed by atoms with Gasteiger partial charge in [0.15, 0.2) is 5.82 Å². The van der Waals surface area contributed by atoms with Crippen LogP contribution in [-0.4, -0.2) is 28.1 Å². The van der Waals surface area contributed by atoms with Crippen molar-refractivity contribution in [3.63, 3.8) is 0 Å². The number of primary sulfonamides is 1. The van der Waals surface area contributed by atoms with Gasteiger partial charge in [-0.15, -0.1) is 10.2 Å². The van der Waals surface area contributed by atoms with Crippen molar-refractivity contribution in [1.82, 2.24) is 14.8 Å². The summed E-state index contributed by atoms with van der Waals surface area (Å²) in [6, 6.07) is 3.97. The molecular weight excluding hydrogens is 322 g/mol. The molecule has 0 saturated carbocycles. The number of benzene rings is 1. The maximum Gasteiger partial charge on any atom is 0.281 e. The molecule has 0 aliphatic rings. The molecule has 1 heterocycles. The zero-order valence-electron chi connectivity index (χ0n) is 10.7. The van der Waals surface area contributed by atoms with Gasteiger partial charge in [-0.2, -0.15) is 0 Å². The molecule has 2 N–H and O–H groups in total. The van der Waals surface area contributed by atoms with Gasteiger partial charge in [-0.25, -0.2) is 13.6 Å². The Morgan fingerprint density at radius 2 is 2.10 bits per heavy atom. The van der Waals surface area contributed by atoms with E-state index in [-0.39, 0.29) is 28.6 Å². The van der Waals surface area contributed by atoms with Gasteiger partial charge in [0.05, 0.1) is 10.5 Å². The number of sulfonamides is 1. The maximum atomic E-state index is 11.4. The fourth-order valence-corrected chi connectivity index (χ4v) is 2.67. The monoisotopic (exact) mass is 331 g/mol. The number of hydrogen-bond donors (Lipinski definition) is 1. The van der Waals surface area contributed by atoms with Gasteiger partial charge in [-0.05, 0) is 19.1 Å². The lowest BCUT2D eigenvalue weighted by atomic mass is 10.1. The summed E-state index contributed by atoms with van der Waals surface area (Å²) in [7, 11) is -4.08. The summed E-state index contributed by atoms with van der Waals surface area (Å²) in [6.45, 7) is 1.82. The number of nitrogens with zero attached hydrogens (tertiary/aromatic N) is 4. The molecule has 0 aliphatic carbocycles. The highest BCUT2D eigenvalue weighted by Gasteiger charge is 2.25. The van der Waals surface area contributed by atoms with Gasteiger partial charge < -0.3 is 0 Å². The van der Waals surface area contributed by atoms with E-state index in [0.29, 0.717) is 0 Å². The van der Waals surface area contributed by atoms with Crippen molar-refractivity contribution in [2.75, 3.05) is 0 Å². The molecule has 0 radical (unpaired) electrons. The molecule has 112 valence electrons. The van der Waals surface area contributed by atoms with E-state index in [0.717, 1.165) is 6.07 Å². The van der Waals surface area contributed by atoms with Gasteiger partial charge in [0.1, 0.15) is 0 Å². The molecule has 0 saturated heterocycles. The Kier molecular flexibility index (Phi) is 3.94. The minimum atomic E-state index is -4.08. The van der Waals surface area contributed by atoms with E-state index in [1.807, 2.05) is 0 Å². The molecule has 0 spiro atoms. The molecule has 0 bridgehead atoms. The molecular formula is C10H10ClN5O4S. The Hall–Kier alpha value is -2.04. The van der Waals surface area contributed by atoms with Crippen LogP contribution in [0.3, 0.4) is 0 Å². The van der Waals surface area contributed by atoms with Crippen LogP contribution in [0.4, 0.5) is 5.69 Å². The zero-order valence-corrected chi connectivity index (χ0v) is 12.3. The Bertz CT molecular complexity index is 817. The van der Waals surface area contributed by atoms with Crippen molar-refractivity contribution in [2.45, 2.75) is 18.6 Å². The topological polar surface area (TPSA) is 134 Å². The Morgan fingerprint density at radius 3 is 2.62 bits per heavy atom. The predicted octanol–water partition coefficient (Wildman–Crippen LogP) is 1.17. The van der Waals surface area contributed by atoms with Crippen LogP contribution < -0.4 is 5.14 Å². The van der Waals surface area contributed by atoms with E-state index in [9.17, 15) is 18.5 Å². The van der Waals surface area contributed by atoms with E-state index in [1.165, 1.54) is 16.7 Å². The summed E-state index contributed by atoms with van der Waals surface area (Å²) in [4.78, 5) is 10.5. The van der Waals surface area contributed by atoms with Gasteiger partial charge in [-0.3, -0.25) is 14.7 Å². The first-order valence-electron chi connectivity index (χ1n) is 5.66. The van der Waals surface area contributed by atoms with Crippen LogP contribution in [0.5, 0.6) is 0 Å². The summed E-state index contributed by atoms with van der Waals surface area (Å²) in [6.07, 6.45) is 0. The molecule has 11 heteroatoms. The largest absolute Gasteiger partial charge is 0.297 e. The van der Waals surface area contributed by atoms with E-state index in [1.54, 1.807) is 6.92 Å². The molecule has 21 heavy (non-hydrogen) atoms. The molecule has 9 nitrogen and oxygen atoms in total. The third-order valence-corrected chi connectivity index (χ3v) is 3.73. The lowest BCUT2D eigenvalue weighted by molar-refractivity contribution is -0.384. The maximum absolute atomic E-state index is 11.4. The number of nitrogens with two attached hydrogens (primary N) is 1. The number of nitro groups is 1. The van der Waals surface area contributed by atoms with E-state index >= 15 is 0 Å². The third kappa shape index (κ3) is 2.86. The summed E-state index contributed by atoms with van der Waals surface area (Å²) >= 11 is 5.74.